The van der Waals surface area contributed by atoms with Crippen molar-refractivity contribution >= 4 is 49.5 Å². The number of nitrogens with two attached hydrogens (primary N) is 1. The molecule has 0 fully saturated rings. The maximum absolute atomic E-state index is 11.6. The summed E-state index contributed by atoms with van der Waals surface area (Å²) in [5.41, 5.74) is 7.73. The molecule has 5 nitrogen and oxygen atoms in total. The molecule has 2 aromatic heterocycles. The van der Waals surface area contributed by atoms with E-state index in [1.165, 1.54) is 11.2 Å². The van der Waals surface area contributed by atoms with Gasteiger partial charge in [-0.05, 0) is 34.1 Å². The lowest BCUT2D eigenvalue weighted by atomic mass is 10.2. The zero-order chi connectivity index (χ0) is 14.1. The largest absolute Gasteiger partial charge is 0.397 e. The zero-order valence-corrected chi connectivity index (χ0v) is 12.7. The molecule has 3 aromatic rings. The SMILES string of the molecule is Nc1cc2c(=O)[nH]cnc2cc1NCc1cc(Br)cs1. The monoisotopic (exact) mass is 350 g/mol. The van der Waals surface area contributed by atoms with E-state index in [1.807, 2.05) is 5.38 Å². The van der Waals surface area contributed by atoms with Crippen LogP contribution in [-0.2, 0) is 6.54 Å². The average molecular weight is 351 g/mol. The number of hydrogen-bond acceptors (Lipinski definition) is 5. The molecule has 102 valence electrons. The Kier molecular flexibility index (Phi) is 3.45. The van der Waals surface area contributed by atoms with E-state index in [9.17, 15) is 4.79 Å². The summed E-state index contributed by atoms with van der Waals surface area (Å²) >= 11 is 5.08. The van der Waals surface area contributed by atoms with Crippen LogP contribution in [0.15, 0.2) is 39.2 Å². The smallest absolute Gasteiger partial charge is 0.258 e. The number of rotatable bonds is 3. The molecule has 0 amide bonds. The lowest BCUT2D eigenvalue weighted by molar-refractivity contribution is 1.16. The topological polar surface area (TPSA) is 83.8 Å². The van der Waals surface area contributed by atoms with Crippen LogP contribution in [0.1, 0.15) is 4.88 Å². The van der Waals surface area contributed by atoms with Gasteiger partial charge in [0.25, 0.3) is 5.56 Å². The van der Waals surface area contributed by atoms with Crippen LogP contribution in [0.4, 0.5) is 11.4 Å². The molecule has 7 heteroatoms. The van der Waals surface area contributed by atoms with E-state index in [2.05, 4.69) is 37.3 Å². The first-order valence-electron chi connectivity index (χ1n) is 5.87. The van der Waals surface area contributed by atoms with Crippen molar-refractivity contribution in [3.63, 3.8) is 0 Å². The normalized spacial score (nSPS) is 10.8. The van der Waals surface area contributed by atoms with Gasteiger partial charge in [0, 0.05) is 21.3 Å². The molecule has 0 aliphatic heterocycles. The van der Waals surface area contributed by atoms with Crippen molar-refractivity contribution in [2.45, 2.75) is 6.54 Å². The third kappa shape index (κ3) is 2.54. The maximum Gasteiger partial charge on any atom is 0.258 e. The molecule has 0 saturated carbocycles. The quantitative estimate of drug-likeness (QED) is 0.634. The second kappa shape index (κ2) is 5.26. The number of H-pyrrole nitrogens is 1. The Morgan fingerprint density at radius 3 is 3.00 bits per heavy atom. The first kappa shape index (κ1) is 13.1. The Balaban J connectivity index is 1.91. The van der Waals surface area contributed by atoms with Gasteiger partial charge in [-0.3, -0.25) is 4.79 Å². The highest BCUT2D eigenvalue weighted by atomic mass is 79.9. The highest BCUT2D eigenvalue weighted by Gasteiger charge is 2.06. The molecule has 0 atom stereocenters. The second-order valence-corrected chi connectivity index (χ2v) is 6.18. The van der Waals surface area contributed by atoms with Gasteiger partial charge in [0.1, 0.15) is 0 Å². The summed E-state index contributed by atoms with van der Waals surface area (Å²) in [5, 5.41) is 5.79. The fourth-order valence-corrected chi connectivity index (χ4v) is 3.30. The number of aromatic nitrogens is 2. The molecule has 0 bridgehead atoms. The second-order valence-electron chi connectivity index (χ2n) is 4.27. The maximum atomic E-state index is 11.6. The third-order valence-corrected chi connectivity index (χ3v) is 4.58. The predicted molar refractivity (Wildman–Crippen MR) is 86.1 cm³/mol. The molecule has 20 heavy (non-hydrogen) atoms. The third-order valence-electron chi connectivity index (χ3n) is 2.89. The van der Waals surface area contributed by atoms with Gasteiger partial charge in [-0.15, -0.1) is 11.3 Å². The summed E-state index contributed by atoms with van der Waals surface area (Å²) in [6.45, 7) is 0.676. The number of benzene rings is 1. The number of hydrogen-bond donors (Lipinski definition) is 3. The van der Waals surface area contributed by atoms with Gasteiger partial charge in [-0.25, -0.2) is 4.98 Å². The average Bonchev–Trinajstić information content (AvgIpc) is 2.83. The molecular weight excluding hydrogens is 340 g/mol. The number of nitrogens with one attached hydrogen (secondary N) is 2. The number of aromatic amines is 1. The van der Waals surface area contributed by atoms with Crippen LogP contribution < -0.4 is 16.6 Å². The minimum absolute atomic E-state index is 0.185. The fraction of sp³-hybridized carbons (Fsp3) is 0.0769. The molecule has 4 N–H and O–H groups in total. The molecule has 0 aliphatic carbocycles. The van der Waals surface area contributed by atoms with Crippen molar-refractivity contribution < 1.29 is 0 Å². The summed E-state index contributed by atoms with van der Waals surface area (Å²) in [4.78, 5) is 19.5. The Morgan fingerprint density at radius 1 is 1.40 bits per heavy atom. The van der Waals surface area contributed by atoms with Gasteiger partial charge in [0.2, 0.25) is 0 Å². The summed E-state index contributed by atoms with van der Waals surface area (Å²) in [7, 11) is 0. The molecular formula is C13H11BrN4OS. The molecule has 0 unspecified atom stereocenters. The standard InChI is InChI=1S/C13H11BrN4OS/c14-7-1-8(20-5-7)4-16-12-3-11-9(2-10(12)15)13(19)18-6-17-11/h1-3,5-6,16H,4,15H2,(H,17,18,19). The van der Waals surface area contributed by atoms with Crippen LogP contribution in [0.5, 0.6) is 0 Å². The summed E-state index contributed by atoms with van der Waals surface area (Å²) in [6, 6.07) is 5.49. The number of nitrogens with zero attached hydrogens (tertiary/aromatic N) is 1. The molecule has 3 rings (SSSR count). The van der Waals surface area contributed by atoms with Crippen LogP contribution >= 0.6 is 27.3 Å². The Morgan fingerprint density at radius 2 is 2.25 bits per heavy atom. The predicted octanol–water partition coefficient (Wildman–Crippen LogP) is 2.94. The van der Waals surface area contributed by atoms with Crippen molar-refractivity contribution in [2.75, 3.05) is 11.1 Å². The van der Waals surface area contributed by atoms with Crippen molar-refractivity contribution in [3.05, 3.63) is 49.6 Å². The van der Waals surface area contributed by atoms with Crippen LogP contribution in [0.25, 0.3) is 10.9 Å². The summed E-state index contributed by atoms with van der Waals surface area (Å²) < 4.78 is 1.07. The van der Waals surface area contributed by atoms with Crippen molar-refractivity contribution in [2.24, 2.45) is 0 Å². The van der Waals surface area contributed by atoms with E-state index < -0.39 is 0 Å². The number of halogens is 1. The molecule has 2 heterocycles. The lowest BCUT2D eigenvalue weighted by Gasteiger charge is -2.09. The van der Waals surface area contributed by atoms with Crippen molar-refractivity contribution in [3.8, 4) is 0 Å². The molecule has 0 radical (unpaired) electrons. The van der Waals surface area contributed by atoms with Crippen molar-refractivity contribution in [1.29, 1.82) is 0 Å². The summed E-state index contributed by atoms with van der Waals surface area (Å²) in [6.07, 6.45) is 1.39. The molecule has 1 aromatic carbocycles. The van der Waals surface area contributed by atoms with Gasteiger partial charge in [0.05, 0.1) is 28.6 Å². The van der Waals surface area contributed by atoms with Gasteiger partial charge in [0.15, 0.2) is 0 Å². The van der Waals surface area contributed by atoms with E-state index in [1.54, 1.807) is 23.5 Å². The minimum Gasteiger partial charge on any atom is -0.397 e. The highest BCUT2D eigenvalue weighted by molar-refractivity contribution is 9.10. The van der Waals surface area contributed by atoms with Crippen molar-refractivity contribution in [1.82, 2.24) is 9.97 Å². The lowest BCUT2D eigenvalue weighted by Crippen LogP contribution is -2.08. The van der Waals surface area contributed by atoms with E-state index in [0.29, 0.717) is 23.1 Å². The van der Waals surface area contributed by atoms with Gasteiger partial charge < -0.3 is 16.0 Å². The van der Waals surface area contributed by atoms with Crippen LogP contribution in [-0.4, -0.2) is 9.97 Å². The van der Waals surface area contributed by atoms with E-state index in [4.69, 9.17) is 5.73 Å². The number of anilines is 2. The summed E-state index contributed by atoms with van der Waals surface area (Å²) in [5.74, 6) is 0. The number of fused-ring (bicyclic) bond motifs is 1. The Bertz CT molecular complexity index is 827. The first-order chi connectivity index (χ1) is 9.63. The number of nitrogen functional groups attached to an aromatic ring is 1. The Labute approximate surface area is 127 Å². The van der Waals surface area contributed by atoms with E-state index in [0.717, 1.165) is 10.2 Å². The molecule has 0 saturated heterocycles. The molecule has 0 aliphatic rings. The van der Waals surface area contributed by atoms with Crippen LogP contribution in [0.2, 0.25) is 0 Å². The molecule has 0 spiro atoms. The minimum atomic E-state index is -0.185. The fourth-order valence-electron chi connectivity index (χ4n) is 1.91. The number of thiophene rings is 1. The van der Waals surface area contributed by atoms with Gasteiger partial charge in [-0.1, -0.05) is 0 Å². The van der Waals surface area contributed by atoms with E-state index >= 15 is 0 Å². The van der Waals surface area contributed by atoms with E-state index in [-0.39, 0.29) is 5.56 Å². The van der Waals surface area contributed by atoms with Crippen LogP contribution in [0.3, 0.4) is 0 Å². The van der Waals surface area contributed by atoms with Crippen LogP contribution in [0, 0.1) is 0 Å². The van der Waals surface area contributed by atoms with Gasteiger partial charge >= 0.3 is 0 Å². The highest BCUT2D eigenvalue weighted by Crippen LogP contribution is 2.25. The first-order valence-corrected chi connectivity index (χ1v) is 7.54. The Hall–Kier alpha value is -1.86. The zero-order valence-electron chi connectivity index (χ0n) is 10.3. The van der Waals surface area contributed by atoms with Gasteiger partial charge in [-0.2, -0.15) is 0 Å².